The Morgan fingerprint density at radius 3 is 2.09 bits per heavy atom. The predicted molar refractivity (Wildman–Crippen MR) is 193 cm³/mol. The van der Waals surface area contributed by atoms with Gasteiger partial charge in [-0.3, -0.25) is 9.78 Å². The molecule has 1 aromatic heterocycles. The fraction of sp³-hybridized carbons (Fsp3) is 0.450. The van der Waals surface area contributed by atoms with Crippen molar-refractivity contribution in [2.45, 2.75) is 100 Å². The number of halogens is 1. The predicted octanol–water partition coefficient (Wildman–Crippen LogP) is 11.0. The Labute approximate surface area is 291 Å². The van der Waals surface area contributed by atoms with Gasteiger partial charge < -0.3 is 5.11 Å². The van der Waals surface area contributed by atoms with Crippen LogP contribution in [0.2, 0.25) is 19.6 Å². The summed E-state index contributed by atoms with van der Waals surface area (Å²) in [6, 6.07) is 20.3. The average molecular weight is 819 g/mol. The fourth-order valence-electron chi connectivity index (χ4n) is 5.95. The van der Waals surface area contributed by atoms with Crippen molar-refractivity contribution in [1.82, 2.24) is 4.98 Å². The van der Waals surface area contributed by atoms with Gasteiger partial charge in [-0.2, -0.15) is 0 Å². The van der Waals surface area contributed by atoms with Crippen LogP contribution in [0.15, 0.2) is 66.6 Å². The molecule has 1 N–H and O–H groups in total. The van der Waals surface area contributed by atoms with Crippen molar-refractivity contribution < 1.29 is 34.4 Å². The molecule has 0 aliphatic carbocycles. The molecule has 3 aromatic carbocycles. The number of hydrogen-bond acceptors (Lipinski definition) is 3. The van der Waals surface area contributed by atoms with Crippen LogP contribution in [0.4, 0.5) is 4.39 Å². The summed E-state index contributed by atoms with van der Waals surface area (Å²) < 4.78 is 14.8. The molecule has 0 aliphatic heterocycles. The van der Waals surface area contributed by atoms with Gasteiger partial charge in [0.25, 0.3) is 0 Å². The number of pyridine rings is 1. The van der Waals surface area contributed by atoms with Crippen LogP contribution in [0.5, 0.6) is 0 Å². The second-order valence-corrected chi connectivity index (χ2v) is 19.5. The van der Waals surface area contributed by atoms with Gasteiger partial charge in [0.1, 0.15) is 5.82 Å². The number of fused-ring (bicyclic) bond motifs is 2. The van der Waals surface area contributed by atoms with Gasteiger partial charge in [0.15, 0.2) is 5.78 Å². The van der Waals surface area contributed by atoms with E-state index in [2.05, 4.69) is 81.8 Å². The summed E-state index contributed by atoms with van der Waals surface area (Å²) in [6.45, 7) is 21.7. The van der Waals surface area contributed by atoms with E-state index in [0.29, 0.717) is 5.39 Å². The molecule has 0 unspecified atom stereocenters. The Hall–Kier alpha value is -2.66. The zero-order valence-electron chi connectivity index (χ0n) is 29.5. The van der Waals surface area contributed by atoms with Gasteiger partial charge >= 0.3 is 0 Å². The maximum absolute atomic E-state index is 14.8. The Balaban J connectivity index is 0.000000394. The van der Waals surface area contributed by atoms with Crippen LogP contribution in [0, 0.1) is 29.1 Å². The number of allylic oxidation sites excluding steroid dienone is 2. The molecular weight excluding hydrogens is 766 g/mol. The molecule has 251 valence electrons. The van der Waals surface area contributed by atoms with Gasteiger partial charge in [-0.25, -0.2) is 4.39 Å². The molecule has 0 amide bonds. The first-order valence-electron chi connectivity index (χ1n) is 16.6. The first-order chi connectivity index (χ1) is 21.1. The van der Waals surface area contributed by atoms with Gasteiger partial charge in [0.05, 0.1) is 20.0 Å². The molecule has 3 nitrogen and oxygen atoms in total. The maximum atomic E-state index is 14.8. The van der Waals surface area contributed by atoms with Crippen LogP contribution >= 0.6 is 0 Å². The number of aliphatic hydroxyl groups is 1. The maximum Gasteiger partial charge on any atom is 0.162 e. The van der Waals surface area contributed by atoms with Crippen LogP contribution in [0.1, 0.15) is 79.7 Å². The molecule has 46 heavy (non-hydrogen) atoms. The standard InChI is InChI=1S/C27H29FNSi.C13H24O2.Ir/c1-27(2,3)16-18-11-12-22-23(13-18)24(28)17-29-26(22)20-14-19-9-7-8-10-21(19)25(15-20)30(4,5)6;1-5-10(6-2)12(14)9-13(15)11(7-3)8-4;/h7-13,15,17H,16H2,1-6H3;9-11,14H,5-8H2,1-4H3;/q-1;;/b;12-9-;. The van der Waals surface area contributed by atoms with Crippen molar-refractivity contribution in [3.63, 3.8) is 0 Å². The summed E-state index contributed by atoms with van der Waals surface area (Å²) in [6.07, 6.45) is 7.17. The SMILES string of the molecule is CC(C)(C)Cc1ccc2c(-c3[c-]c4ccccc4c([Si](C)(C)C)c3)ncc(F)c2c1.CCC(CC)C(=O)/C=C(\O)C(CC)CC.[Ir]. The number of carbonyl (C=O) groups excluding carboxylic acids is 1. The van der Waals surface area contributed by atoms with Crippen molar-refractivity contribution in [2.75, 3.05) is 0 Å². The number of carbonyl (C=O) groups is 1. The minimum Gasteiger partial charge on any atom is -0.512 e. The summed E-state index contributed by atoms with van der Waals surface area (Å²) in [5.74, 6) is 0.279. The van der Waals surface area contributed by atoms with E-state index < -0.39 is 8.07 Å². The molecule has 0 saturated heterocycles. The van der Waals surface area contributed by atoms with Crippen molar-refractivity contribution in [3.8, 4) is 11.3 Å². The largest absolute Gasteiger partial charge is 0.512 e. The molecule has 1 radical (unpaired) electrons. The van der Waals surface area contributed by atoms with E-state index in [1.807, 2.05) is 45.9 Å². The Bertz CT molecular complexity index is 1640. The molecule has 0 aliphatic rings. The zero-order valence-corrected chi connectivity index (χ0v) is 32.9. The van der Waals surface area contributed by atoms with Crippen molar-refractivity contribution in [1.29, 1.82) is 0 Å². The van der Waals surface area contributed by atoms with Crippen LogP contribution in [-0.4, -0.2) is 23.9 Å². The first kappa shape index (κ1) is 39.5. The van der Waals surface area contributed by atoms with Crippen molar-refractivity contribution in [2.24, 2.45) is 17.3 Å². The minimum absolute atomic E-state index is 0. The number of ketones is 1. The van der Waals surface area contributed by atoms with E-state index in [9.17, 15) is 14.3 Å². The minimum atomic E-state index is -1.60. The molecule has 6 heteroatoms. The normalized spacial score (nSPS) is 12.3. The number of aliphatic hydroxyl groups excluding tert-OH is 1. The van der Waals surface area contributed by atoms with E-state index in [1.165, 1.54) is 22.8 Å². The van der Waals surface area contributed by atoms with Gasteiger partial charge in [0, 0.05) is 49.1 Å². The third-order valence-corrected chi connectivity index (χ3v) is 10.6. The molecular formula is C40H53FIrNO2Si-. The van der Waals surface area contributed by atoms with Crippen LogP contribution in [-0.2, 0) is 31.3 Å². The number of hydrogen-bond donors (Lipinski definition) is 1. The quantitative estimate of drug-likeness (QED) is 0.0751. The summed E-state index contributed by atoms with van der Waals surface area (Å²) in [5, 5.41) is 15.0. The molecule has 0 saturated carbocycles. The smallest absolute Gasteiger partial charge is 0.162 e. The second kappa shape index (κ2) is 16.9. The molecule has 0 bridgehead atoms. The van der Waals surface area contributed by atoms with Gasteiger partial charge in [-0.05, 0) is 54.5 Å². The number of benzene rings is 3. The zero-order chi connectivity index (χ0) is 33.5. The van der Waals surface area contributed by atoms with E-state index in [1.54, 1.807) is 0 Å². The number of nitrogens with zero attached hydrogens (tertiary/aromatic N) is 1. The molecule has 4 rings (SSSR count). The van der Waals surface area contributed by atoms with Crippen molar-refractivity contribution >= 4 is 40.6 Å². The molecule has 0 atom stereocenters. The van der Waals surface area contributed by atoms with Crippen LogP contribution in [0.25, 0.3) is 32.8 Å². The average Bonchev–Trinajstić information content (AvgIpc) is 2.97. The molecule has 4 aromatic rings. The molecule has 0 spiro atoms. The van der Waals surface area contributed by atoms with E-state index in [4.69, 9.17) is 0 Å². The first-order valence-corrected chi connectivity index (χ1v) is 20.1. The monoisotopic (exact) mass is 819 g/mol. The van der Waals surface area contributed by atoms with E-state index in [0.717, 1.165) is 59.7 Å². The third kappa shape index (κ3) is 10.2. The summed E-state index contributed by atoms with van der Waals surface area (Å²) >= 11 is 0. The summed E-state index contributed by atoms with van der Waals surface area (Å²) in [5.41, 5.74) is 3.05. The topological polar surface area (TPSA) is 50.2 Å². The van der Waals surface area contributed by atoms with Crippen LogP contribution < -0.4 is 5.19 Å². The second-order valence-electron chi connectivity index (χ2n) is 14.5. The number of aromatic nitrogens is 1. The third-order valence-electron chi connectivity index (χ3n) is 8.56. The molecule has 0 fully saturated rings. The van der Waals surface area contributed by atoms with E-state index in [-0.39, 0.29) is 54.7 Å². The van der Waals surface area contributed by atoms with E-state index >= 15 is 0 Å². The Kier molecular flexibility index (Phi) is 14.6. The Morgan fingerprint density at radius 2 is 1.52 bits per heavy atom. The fourth-order valence-corrected chi connectivity index (χ4v) is 7.55. The summed E-state index contributed by atoms with van der Waals surface area (Å²) in [4.78, 5) is 16.2. The Morgan fingerprint density at radius 1 is 0.913 bits per heavy atom. The number of rotatable bonds is 10. The summed E-state index contributed by atoms with van der Waals surface area (Å²) in [7, 11) is -1.60. The van der Waals surface area contributed by atoms with Gasteiger partial charge in [-0.1, -0.05) is 109 Å². The van der Waals surface area contributed by atoms with Crippen LogP contribution in [0.3, 0.4) is 0 Å². The van der Waals surface area contributed by atoms with Gasteiger partial charge in [-0.15, -0.1) is 28.8 Å². The van der Waals surface area contributed by atoms with Gasteiger partial charge in [0.2, 0.25) is 0 Å². The van der Waals surface area contributed by atoms with Crippen molar-refractivity contribution in [3.05, 3.63) is 84.0 Å². The molecule has 1 heterocycles.